The number of carbonyl (C=O) groups is 1. The fraction of sp³-hybridized carbons (Fsp3) is 0.643. The number of allylic oxidation sites excluding steroid dienone is 3. The molecule has 0 saturated carbocycles. The second kappa shape index (κ2) is 6.01. The van der Waals surface area contributed by atoms with E-state index in [1.54, 1.807) is 6.08 Å². The van der Waals surface area contributed by atoms with Gasteiger partial charge in [-0.05, 0) is 39.3 Å². The van der Waals surface area contributed by atoms with Gasteiger partial charge < -0.3 is 4.90 Å². The van der Waals surface area contributed by atoms with E-state index in [9.17, 15) is 4.79 Å². The largest absolute Gasteiger partial charge is 0.338 e. The lowest BCUT2D eigenvalue weighted by Crippen LogP contribution is -2.36. The Labute approximate surface area is 104 Å². The van der Waals surface area contributed by atoms with Crippen LogP contribution in [0.2, 0.25) is 0 Å². The molecule has 0 aromatic rings. The maximum absolute atomic E-state index is 11.9. The van der Waals surface area contributed by atoms with Gasteiger partial charge >= 0.3 is 0 Å². The molecule has 0 aliphatic carbocycles. The Morgan fingerprint density at radius 1 is 1.18 bits per heavy atom. The Morgan fingerprint density at radius 2 is 1.94 bits per heavy atom. The molecular weight excluding hydrogens is 212 g/mol. The highest BCUT2D eigenvalue weighted by atomic mass is 16.2. The number of hydrogen-bond donors (Lipinski definition) is 0. The summed E-state index contributed by atoms with van der Waals surface area (Å²) in [6.45, 7) is 6.23. The average molecular weight is 234 g/mol. The van der Waals surface area contributed by atoms with Crippen molar-refractivity contribution < 1.29 is 4.79 Å². The van der Waals surface area contributed by atoms with Gasteiger partial charge in [-0.25, -0.2) is 0 Å². The Bertz CT molecular complexity index is 316. The fourth-order valence-electron chi connectivity index (χ4n) is 2.70. The molecule has 2 saturated heterocycles. The lowest BCUT2D eigenvalue weighted by atomic mass is 10.2. The van der Waals surface area contributed by atoms with Crippen molar-refractivity contribution in [2.75, 3.05) is 26.2 Å². The van der Waals surface area contributed by atoms with Crippen molar-refractivity contribution in [1.82, 2.24) is 9.80 Å². The molecule has 0 N–H and O–H groups in total. The normalized spacial score (nSPS) is 26.6. The number of rotatable bonds is 3. The SMILES string of the molecule is C/C=C/C=C/C(=O)N1CCC(N2CCCC2)C1. The highest BCUT2D eigenvalue weighted by molar-refractivity contribution is 5.88. The van der Waals surface area contributed by atoms with Crippen LogP contribution in [0.5, 0.6) is 0 Å². The van der Waals surface area contributed by atoms with Crippen molar-refractivity contribution in [2.24, 2.45) is 0 Å². The van der Waals surface area contributed by atoms with Crippen LogP contribution in [0.3, 0.4) is 0 Å². The van der Waals surface area contributed by atoms with Gasteiger partial charge in [0.2, 0.25) is 5.91 Å². The monoisotopic (exact) mass is 234 g/mol. The van der Waals surface area contributed by atoms with E-state index < -0.39 is 0 Å². The van der Waals surface area contributed by atoms with Crippen molar-refractivity contribution >= 4 is 5.91 Å². The average Bonchev–Trinajstić information content (AvgIpc) is 3.00. The Morgan fingerprint density at radius 3 is 2.65 bits per heavy atom. The first-order valence-corrected chi connectivity index (χ1v) is 6.63. The molecule has 0 radical (unpaired) electrons. The van der Waals surface area contributed by atoms with Crippen LogP contribution in [0.4, 0.5) is 0 Å². The molecule has 2 rings (SSSR count). The van der Waals surface area contributed by atoms with Gasteiger partial charge in [-0.2, -0.15) is 0 Å². The maximum atomic E-state index is 11.9. The van der Waals surface area contributed by atoms with Gasteiger partial charge in [-0.15, -0.1) is 0 Å². The molecule has 1 atom stereocenters. The second-order valence-electron chi connectivity index (χ2n) is 4.85. The first kappa shape index (κ1) is 12.4. The lowest BCUT2D eigenvalue weighted by molar-refractivity contribution is -0.125. The number of nitrogens with zero attached hydrogens (tertiary/aromatic N) is 2. The van der Waals surface area contributed by atoms with Crippen LogP contribution < -0.4 is 0 Å². The van der Waals surface area contributed by atoms with Gasteiger partial charge in [0, 0.05) is 25.2 Å². The van der Waals surface area contributed by atoms with Crippen molar-refractivity contribution in [3.05, 3.63) is 24.3 Å². The molecule has 3 nitrogen and oxygen atoms in total. The molecule has 0 aromatic carbocycles. The van der Waals surface area contributed by atoms with Gasteiger partial charge in [0.1, 0.15) is 0 Å². The highest BCUT2D eigenvalue weighted by Gasteiger charge is 2.30. The summed E-state index contributed by atoms with van der Waals surface area (Å²) in [5.41, 5.74) is 0. The number of amides is 1. The Kier molecular flexibility index (Phi) is 4.37. The second-order valence-corrected chi connectivity index (χ2v) is 4.85. The molecule has 2 aliphatic rings. The molecule has 17 heavy (non-hydrogen) atoms. The maximum Gasteiger partial charge on any atom is 0.246 e. The predicted molar refractivity (Wildman–Crippen MR) is 69.7 cm³/mol. The van der Waals surface area contributed by atoms with Crippen molar-refractivity contribution in [1.29, 1.82) is 0 Å². The minimum absolute atomic E-state index is 0.157. The van der Waals surface area contributed by atoms with Gasteiger partial charge in [-0.3, -0.25) is 9.69 Å². The smallest absolute Gasteiger partial charge is 0.246 e. The van der Waals surface area contributed by atoms with Crippen LogP contribution in [-0.2, 0) is 4.79 Å². The third-order valence-electron chi connectivity index (χ3n) is 3.67. The van der Waals surface area contributed by atoms with Crippen LogP contribution >= 0.6 is 0 Å². The van der Waals surface area contributed by atoms with E-state index in [-0.39, 0.29) is 5.91 Å². The predicted octanol–water partition coefficient (Wildman–Crippen LogP) is 1.82. The van der Waals surface area contributed by atoms with Crippen molar-refractivity contribution in [2.45, 2.75) is 32.2 Å². The van der Waals surface area contributed by atoms with Crippen LogP contribution in [0.15, 0.2) is 24.3 Å². The molecule has 2 aliphatic heterocycles. The van der Waals surface area contributed by atoms with Gasteiger partial charge in [0.25, 0.3) is 0 Å². The molecule has 94 valence electrons. The van der Waals surface area contributed by atoms with Crippen molar-refractivity contribution in [3.63, 3.8) is 0 Å². The summed E-state index contributed by atoms with van der Waals surface area (Å²) in [6, 6.07) is 0.608. The summed E-state index contributed by atoms with van der Waals surface area (Å²) in [4.78, 5) is 16.4. The highest BCUT2D eigenvalue weighted by Crippen LogP contribution is 2.20. The van der Waals surface area contributed by atoms with Crippen LogP contribution in [-0.4, -0.2) is 47.9 Å². The van der Waals surface area contributed by atoms with E-state index in [1.807, 2.05) is 30.1 Å². The lowest BCUT2D eigenvalue weighted by Gasteiger charge is -2.23. The van der Waals surface area contributed by atoms with Gasteiger partial charge in [0.15, 0.2) is 0 Å². The molecule has 2 heterocycles. The zero-order valence-electron chi connectivity index (χ0n) is 10.6. The van der Waals surface area contributed by atoms with Crippen LogP contribution in [0, 0.1) is 0 Å². The summed E-state index contributed by atoms with van der Waals surface area (Å²) >= 11 is 0. The zero-order valence-corrected chi connectivity index (χ0v) is 10.6. The zero-order chi connectivity index (χ0) is 12.1. The van der Waals surface area contributed by atoms with Crippen LogP contribution in [0.25, 0.3) is 0 Å². The van der Waals surface area contributed by atoms with Crippen LogP contribution in [0.1, 0.15) is 26.2 Å². The minimum Gasteiger partial charge on any atom is -0.338 e. The van der Waals surface area contributed by atoms with E-state index in [1.165, 1.54) is 25.9 Å². The summed E-state index contributed by atoms with van der Waals surface area (Å²) < 4.78 is 0. The topological polar surface area (TPSA) is 23.6 Å². The van der Waals surface area contributed by atoms with E-state index in [2.05, 4.69) is 4.90 Å². The molecule has 1 unspecified atom stereocenters. The quantitative estimate of drug-likeness (QED) is 0.549. The molecule has 0 aromatic heterocycles. The van der Waals surface area contributed by atoms with Gasteiger partial charge in [0.05, 0.1) is 0 Å². The van der Waals surface area contributed by atoms with E-state index in [4.69, 9.17) is 0 Å². The molecular formula is C14H22N2O. The molecule has 0 bridgehead atoms. The minimum atomic E-state index is 0.157. The first-order valence-electron chi connectivity index (χ1n) is 6.63. The molecule has 3 heteroatoms. The summed E-state index contributed by atoms with van der Waals surface area (Å²) in [5, 5.41) is 0. The number of carbonyl (C=O) groups excluding carboxylic acids is 1. The number of hydrogen-bond acceptors (Lipinski definition) is 2. The van der Waals surface area contributed by atoms with E-state index in [0.29, 0.717) is 6.04 Å². The Hall–Kier alpha value is -1.09. The molecule has 0 spiro atoms. The standard InChI is InChI=1S/C14H22N2O/c1-2-3-4-7-14(17)16-11-8-13(12-16)15-9-5-6-10-15/h2-4,7,13H,5-6,8-12H2,1H3/b3-2+,7-4+. The number of likely N-dealkylation sites (tertiary alicyclic amines) is 2. The first-order chi connectivity index (χ1) is 8.31. The fourth-order valence-corrected chi connectivity index (χ4v) is 2.70. The van der Waals surface area contributed by atoms with Gasteiger partial charge in [-0.1, -0.05) is 18.2 Å². The summed E-state index contributed by atoms with van der Waals surface area (Å²) in [7, 11) is 0. The van der Waals surface area contributed by atoms with Crippen molar-refractivity contribution in [3.8, 4) is 0 Å². The molecule has 1 amide bonds. The third kappa shape index (κ3) is 3.19. The molecule has 2 fully saturated rings. The Balaban J connectivity index is 1.82. The van der Waals surface area contributed by atoms with E-state index in [0.717, 1.165) is 19.5 Å². The third-order valence-corrected chi connectivity index (χ3v) is 3.67. The van der Waals surface area contributed by atoms with E-state index >= 15 is 0 Å². The summed E-state index contributed by atoms with van der Waals surface area (Å²) in [5.74, 6) is 0.157. The summed E-state index contributed by atoms with van der Waals surface area (Å²) in [6.07, 6.45) is 11.1.